The highest BCUT2D eigenvalue weighted by atomic mass is 32.1. The van der Waals surface area contributed by atoms with Crippen molar-refractivity contribution in [3.05, 3.63) is 58.3 Å². The third-order valence-corrected chi connectivity index (χ3v) is 4.67. The highest BCUT2D eigenvalue weighted by Crippen LogP contribution is 2.10. The lowest BCUT2D eigenvalue weighted by Gasteiger charge is -2.29. The second kappa shape index (κ2) is 8.85. The van der Waals surface area contributed by atoms with Crippen molar-refractivity contribution in [2.75, 3.05) is 6.54 Å². The normalized spacial score (nSPS) is 12.6. The molecule has 1 heterocycles. The Balaban J connectivity index is 1.85. The van der Waals surface area contributed by atoms with Crippen LogP contribution in [-0.4, -0.2) is 29.4 Å². The van der Waals surface area contributed by atoms with Crippen molar-refractivity contribution in [3.63, 3.8) is 0 Å². The smallest absolute Gasteiger partial charge is 0.225 e. The van der Waals surface area contributed by atoms with E-state index in [2.05, 4.69) is 55.3 Å². The Morgan fingerprint density at radius 1 is 1.13 bits per heavy atom. The summed E-state index contributed by atoms with van der Waals surface area (Å²) >= 11 is 1.63. The van der Waals surface area contributed by atoms with Gasteiger partial charge in [-0.1, -0.05) is 36.4 Å². The number of thiophene rings is 1. The summed E-state index contributed by atoms with van der Waals surface area (Å²) in [5.41, 5.74) is 1.30. The lowest BCUT2D eigenvalue weighted by molar-refractivity contribution is -0.121. The van der Waals surface area contributed by atoms with E-state index in [0.717, 1.165) is 18.0 Å². The molecule has 2 aromatic rings. The van der Waals surface area contributed by atoms with Gasteiger partial charge in [-0.15, -0.1) is 11.3 Å². The monoisotopic (exact) mass is 330 g/mol. The van der Waals surface area contributed by atoms with Crippen LogP contribution in [0.2, 0.25) is 0 Å². The molecule has 23 heavy (non-hydrogen) atoms. The Hall–Kier alpha value is -1.65. The number of carbonyl (C=O) groups is 1. The molecule has 1 aromatic heterocycles. The van der Waals surface area contributed by atoms with E-state index in [1.807, 2.05) is 23.6 Å². The zero-order valence-corrected chi connectivity index (χ0v) is 15.0. The van der Waals surface area contributed by atoms with E-state index >= 15 is 0 Å². The van der Waals surface area contributed by atoms with Crippen LogP contribution in [0.1, 0.15) is 31.2 Å². The second-order valence-corrected chi connectivity index (χ2v) is 7.27. The molecule has 1 amide bonds. The van der Waals surface area contributed by atoms with Crippen molar-refractivity contribution in [3.8, 4) is 0 Å². The van der Waals surface area contributed by atoms with E-state index in [9.17, 15) is 4.79 Å². The molecule has 0 aliphatic heterocycles. The fourth-order valence-corrected chi connectivity index (χ4v) is 3.27. The van der Waals surface area contributed by atoms with Crippen molar-refractivity contribution in [1.82, 2.24) is 10.2 Å². The molecule has 1 N–H and O–H groups in total. The van der Waals surface area contributed by atoms with Gasteiger partial charge in [-0.3, -0.25) is 9.69 Å². The van der Waals surface area contributed by atoms with Gasteiger partial charge in [-0.05, 0) is 37.8 Å². The number of rotatable bonds is 8. The molecule has 0 aliphatic carbocycles. The van der Waals surface area contributed by atoms with Crippen molar-refractivity contribution in [1.29, 1.82) is 0 Å². The fraction of sp³-hybridized carbons (Fsp3) is 0.421. The molecule has 2 rings (SSSR count). The fourth-order valence-electron chi connectivity index (χ4n) is 2.57. The van der Waals surface area contributed by atoms with Crippen molar-refractivity contribution >= 4 is 17.2 Å². The molecule has 0 radical (unpaired) electrons. The molecule has 1 atom stereocenters. The first-order valence-corrected chi connectivity index (χ1v) is 9.02. The van der Waals surface area contributed by atoms with Crippen molar-refractivity contribution in [2.24, 2.45) is 0 Å². The minimum absolute atomic E-state index is 0.100. The van der Waals surface area contributed by atoms with Crippen LogP contribution in [0.25, 0.3) is 0 Å². The molecule has 0 bridgehead atoms. The van der Waals surface area contributed by atoms with Crippen LogP contribution in [0.3, 0.4) is 0 Å². The van der Waals surface area contributed by atoms with Gasteiger partial charge >= 0.3 is 0 Å². The Morgan fingerprint density at radius 3 is 2.48 bits per heavy atom. The zero-order valence-electron chi connectivity index (χ0n) is 14.2. The van der Waals surface area contributed by atoms with Crippen LogP contribution in [0, 0.1) is 0 Å². The summed E-state index contributed by atoms with van der Waals surface area (Å²) in [5.74, 6) is 0.100. The molecular formula is C19H26N2OS. The summed E-state index contributed by atoms with van der Waals surface area (Å²) in [6, 6.07) is 15.0. The first-order valence-electron chi connectivity index (χ1n) is 8.14. The van der Waals surface area contributed by atoms with Gasteiger partial charge in [-0.2, -0.15) is 0 Å². The summed E-state index contributed by atoms with van der Waals surface area (Å²) in [6.45, 7) is 8.23. The van der Waals surface area contributed by atoms with Gasteiger partial charge in [-0.25, -0.2) is 0 Å². The standard InChI is InChI=1S/C19H26N2OS/c1-15(2)21(14-17-8-5-4-6-9-17)13-16(3)20-19(22)12-18-10-7-11-23-18/h4-11,15-16H,12-14H2,1-3H3,(H,20,22). The maximum absolute atomic E-state index is 12.1. The van der Waals surface area contributed by atoms with Crippen LogP contribution in [0.15, 0.2) is 47.8 Å². The van der Waals surface area contributed by atoms with Gasteiger partial charge in [0.1, 0.15) is 0 Å². The average Bonchev–Trinajstić information content (AvgIpc) is 3.00. The van der Waals surface area contributed by atoms with Gasteiger partial charge in [0, 0.05) is 30.1 Å². The molecule has 4 heteroatoms. The van der Waals surface area contributed by atoms with E-state index in [1.165, 1.54) is 5.56 Å². The largest absolute Gasteiger partial charge is 0.352 e. The number of benzene rings is 1. The Morgan fingerprint density at radius 2 is 1.87 bits per heavy atom. The number of hydrogen-bond donors (Lipinski definition) is 1. The molecule has 3 nitrogen and oxygen atoms in total. The van der Waals surface area contributed by atoms with Gasteiger partial charge in [0.15, 0.2) is 0 Å². The van der Waals surface area contributed by atoms with Crippen LogP contribution >= 0.6 is 11.3 Å². The predicted octanol–water partition coefficient (Wildman–Crippen LogP) is 3.71. The van der Waals surface area contributed by atoms with Crippen LogP contribution in [0.5, 0.6) is 0 Å². The first kappa shape index (κ1) is 17.7. The first-order chi connectivity index (χ1) is 11.0. The van der Waals surface area contributed by atoms with Gasteiger partial charge in [0.2, 0.25) is 5.91 Å². The predicted molar refractivity (Wildman–Crippen MR) is 97.6 cm³/mol. The zero-order chi connectivity index (χ0) is 16.7. The van der Waals surface area contributed by atoms with E-state index in [0.29, 0.717) is 12.5 Å². The number of amides is 1. The minimum Gasteiger partial charge on any atom is -0.352 e. The second-order valence-electron chi connectivity index (χ2n) is 6.23. The maximum atomic E-state index is 12.1. The van der Waals surface area contributed by atoms with Gasteiger partial charge in [0.05, 0.1) is 6.42 Å². The number of carbonyl (C=O) groups excluding carboxylic acids is 1. The number of nitrogens with one attached hydrogen (secondary N) is 1. The Kier molecular flexibility index (Phi) is 6.81. The molecule has 0 fully saturated rings. The lowest BCUT2D eigenvalue weighted by atomic mass is 10.1. The van der Waals surface area contributed by atoms with Gasteiger partial charge < -0.3 is 5.32 Å². The third-order valence-electron chi connectivity index (χ3n) is 3.79. The summed E-state index contributed by atoms with van der Waals surface area (Å²) in [6.07, 6.45) is 0.475. The molecule has 0 aliphatic rings. The van der Waals surface area contributed by atoms with Crippen LogP contribution < -0.4 is 5.32 Å². The molecule has 0 saturated heterocycles. The van der Waals surface area contributed by atoms with E-state index in [4.69, 9.17) is 0 Å². The van der Waals surface area contributed by atoms with E-state index in [1.54, 1.807) is 11.3 Å². The summed E-state index contributed by atoms with van der Waals surface area (Å²) in [5, 5.41) is 5.12. The highest BCUT2D eigenvalue weighted by Gasteiger charge is 2.16. The topological polar surface area (TPSA) is 32.3 Å². The molecule has 1 aromatic carbocycles. The number of hydrogen-bond acceptors (Lipinski definition) is 3. The average molecular weight is 330 g/mol. The van der Waals surface area contributed by atoms with Crippen LogP contribution in [0.4, 0.5) is 0 Å². The minimum atomic E-state index is 0.100. The van der Waals surface area contributed by atoms with Crippen molar-refractivity contribution < 1.29 is 4.79 Å². The Labute approximate surface area is 143 Å². The summed E-state index contributed by atoms with van der Waals surface area (Å²) in [7, 11) is 0. The summed E-state index contributed by atoms with van der Waals surface area (Å²) < 4.78 is 0. The summed E-state index contributed by atoms with van der Waals surface area (Å²) in [4.78, 5) is 15.6. The lowest BCUT2D eigenvalue weighted by Crippen LogP contribution is -2.44. The van der Waals surface area contributed by atoms with E-state index < -0.39 is 0 Å². The van der Waals surface area contributed by atoms with Crippen LogP contribution in [-0.2, 0) is 17.8 Å². The molecule has 0 saturated carbocycles. The molecule has 1 unspecified atom stereocenters. The quantitative estimate of drug-likeness (QED) is 0.800. The molecular weight excluding hydrogens is 304 g/mol. The number of nitrogens with zero attached hydrogens (tertiary/aromatic N) is 1. The Bertz CT molecular complexity index is 581. The SMILES string of the molecule is CC(CN(Cc1ccccc1)C(C)C)NC(=O)Cc1cccs1. The molecule has 124 valence electrons. The van der Waals surface area contributed by atoms with Gasteiger partial charge in [0.25, 0.3) is 0 Å². The third kappa shape index (κ3) is 6.16. The maximum Gasteiger partial charge on any atom is 0.225 e. The van der Waals surface area contributed by atoms with Crippen molar-refractivity contribution in [2.45, 2.75) is 45.8 Å². The van der Waals surface area contributed by atoms with E-state index in [-0.39, 0.29) is 11.9 Å². The highest BCUT2D eigenvalue weighted by molar-refractivity contribution is 7.10. The molecule has 0 spiro atoms.